The number of nitrogens with zero attached hydrogens (tertiary/aromatic N) is 1. The van der Waals surface area contributed by atoms with Gasteiger partial charge in [0.15, 0.2) is 5.11 Å². The van der Waals surface area contributed by atoms with Gasteiger partial charge in [-0.3, -0.25) is 4.79 Å². The highest BCUT2D eigenvalue weighted by atomic mass is 32.1. The van der Waals surface area contributed by atoms with Gasteiger partial charge in [0.1, 0.15) is 5.75 Å². The van der Waals surface area contributed by atoms with Crippen LogP contribution in [0.5, 0.6) is 5.75 Å². The van der Waals surface area contributed by atoms with E-state index in [1.807, 2.05) is 66.4 Å². The number of ether oxygens (including phenoxy) is 1. The predicted octanol–water partition coefficient (Wildman–Crippen LogP) is 5.89. The zero-order valence-corrected chi connectivity index (χ0v) is 20.3. The number of anilines is 1. The van der Waals surface area contributed by atoms with Crippen molar-refractivity contribution in [1.29, 1.82) is 0 Å². The maximum atomic E-state index is 12.9. The van der Waals surface area contributed by atoms with Crippen LogP contribution in [0.1, 0.15) is 30.5 Å². The Hall–Kier alpha value is -3.64. The van der Waals surface area contributed by atoms with E-state index in [-0.39, 0.29) is 5.56 Å². The monoisotopic (exact) mass is 471 g/mol. The summed E-state index contributed by atoms with van der Waals surface area (Å²) >= 11 is 5.79. The Balaban J connectivity index is 1.61. The first-order valence-electron chi connectivity index (χ1n) is 11.5. The van der Waals surface area contributed by atoms with Gasteiger partial charge in [-0.15, -0.1) is 0 Å². The van der Waals surface area contributed by atoms with Gasteiger partial charge in [-0.25, -0.2) is 0 Å². The number of nitrogens with one attached hydrogen (secondary N) is 2. The molecule has 4 rings (SSSR count). The third-order valence-electron chi connectivity index (χ3n) is 5.68. The van der Waals surface area contributed by atoms with Gasteiger partial charge in [0, 0.05) is 23.3 Å². The number of fused-ring (bicyclic) bond motifs is 1. The normalized spacial score (nSPS) is 10.8. The van der Waals surface area contributed by atoms with E-state index in [4.69, 9.17) is 17.0 Å². The molecule has 0 amide bonds. The van der Waals surface area contributed by atoms with E-state index in [1.165, 1.54) is 5.56 Å². The molecule has 3 aromatic carbocycles. The van der Waals surface area contributed by atoms with E-state index in [1.54, 1.807) is 0 Å². The molecule has 0 saturated heterocycles. The fourth-order valence-corrected chi connectivity index (χ4v) is 4.10. The molecule has 0 aliphatic heterocycles. The lowest BCUT2D eigenvalue weighted by molar-refractivity contribution is 0.340. The van der Waals surface area contributed by atoms with Crippen molar-refractivity contribution < 1.29 is 4.74 Å². The van der Waals surface area contributed by atoms with Crippen molar-refractivity contribution in [2.75, 3.05) is 11.9 Å². The summed E-state index contributed by atoms with van der Waals surface area (Å²) in [6.07, 6.45) is 0.945. The van der Waals surface area contributed by atoms with E-state index in [0.717, 1.165) is 34.3 Å². The highest BCUT2D eigenvalue weighted by Crippen LogP contribution is 2.19. The molecule has 0 fully saturated rings. The first kappa shape index (κ1) is 23.5. The Morgan fingerprint density at radius 1 is 0.941 bits per heavy atom. The molecule has 0 atom stereocenters. The minimum absolute atomic E-state index is 0.0984. The molecule has 0 spiro atoms. The number of rotatable bonds is 8. The summed E-state index contributed by atoms with van der Waals surface area (Å²) in [5.41, 5.74) is 4.64. The van der Waals surface area contributed by atoms with Crippen LogP contribution in [0.25, 0.3) is 10.9 Å². The first-order valence-corrected chi connectivity index (χ1v) is 11.9. The number of H-pyrrole nitrogens is 1. The molecule has 4 aromatic rings. The van der Waals surface area contributed by atoms with Crippen molar-refractivity contribution in [3.05, 3.63) is 106 Å². The third-order valence-corrected chi connectivity index (χ3v) is 6.04. The fraction of sp³-hybridized carbons (Fsp3) is 0.214. The number of benzene rings is 3. The number of hydrogen-bond acceptors (Lipinski definition) is 3. The average molecular weight is 472 g/mol. The SMILES string of the molecule is CCOc1ccc(NC(=S)N(Cc2ccccc2)Cc2cc3cc(CC)ccc3[nH]c2=O)cc1. The van der Waals surface area contributed by atoms with Crippen molar-refractivity contribution >= 4 is 33.9 Å². The molecule has 34 heavy (non-hydrogen) atoms. The van der Waals surface area contributed by atoms with Gasteiger partial charge >= 0.3 is 0 Å². The van der Waals surface area contributed by atoms with Gasteiger partial charge in [-0.2, -0.15) is 0 Å². The zero-order chi connectivity index (χ0) is 23.9. The Morgan fingerprint density at radius 3 is 2.41 bits per heavy atom. The molecular weight excluding hydrogens is 442 g/mol. The first-order chi connectivity index (χ1) is 16.6. The smallest absolute Gasteiger partial charge is 0.253 e. The predicted molar refractivity (Wildman–Crippen MR) is 143 cm³/mol. The van der Waals surface area contributed by atoms with Crippen LogP contribution in [0.3, 0.4) is 0 Å². The van der Waals surface area contributed by atoms with Gasteiger partial charge in [0.2, 0.25) is 0 Å². The summed E-state index contributed by atoms with van der Waals surface area (Å²) < 4.78 is 5.53. The van der Waals surface area contributed by atoms with Crippen LogP contribution >= 0.6 is 12.2 Å². The van der Waals surface area contributed by atoms with Crippen LogP contribution < -0.4 is 15.6 Å². The average Bonchev–Trinajstić information content (AvgIpc) is 2.85. The van der Waals surface area contributed by atoms with Gasteiger partial charge in [-0.1, -0.05) is 43.3 Å². The van der Waals surface area contributed by atoms with Crippen molar-refractivity contribution in [3.8, 4) is 5.75 Å². The van der Waals surface area contributed by atoms with Gasteiger partial charge in [-0.05, 0) is 84.5 Å². The topological polar surface area (TPSA) is 57.4 Å². The summed E-state index contributed by atoms with van der Waals surface area (Å²) in [6.45, 7) is 5.67. The quantitative estimate of drug-likeness (QED) is 0.314. The van der Waals surface area contributed by atoms with Crippen molar-refractivity contribution in [1.82, 2.24) is 9.88 Å². The van der Waals surface area contributed by atoms with Crippen molar-refractivity contribution in [2.24, 2.45) is 0 Å². The second-order valence-corrected chi connectivity index (χ2v) is 8.51. The fourth-order valence-electron chi connectivity index (χ4n) is 3.85. The number of aromatic amines is 1. The van der Waals surface area contributed by atoms with Crippen LogP contribution in [0.2, 0.25) is 0 Å². The maximum absolute atomic E-state index is 12.9. The molecule has 0 bridgehead atoms. The van der Waals surface area contributed by atoms with Gasteiger partial charge < -0.3 is 19.9 Å². The van der Waals surface area contributed by atoms with E-state index in [0.29, 0.717) is 30.4 Å². The number of thiocarbonyl (C=S) groups is 1. The molecule has 0 saturated carbocycles. The lowest BCUT2D eigenvalue weighted by atomic mass is 10.1. The maximum Gasteiger partial charge on any atom is 0.253 e. The van der Waals surface area contributed by atoms with Crippen LogP contribution in [0.15, 0.2) is 83.7 Å². The standard InChI is InChI=1S/C28H29N3O2S/c1-3-20-10-15-26-22(16-20)17-23(27(32)30-26)19-31(18-21-8-6-5-7-9-21)28(34)29-24-11-13-25(14-12-24)33-4-2/h5-17H,3-4,18-19H2,1-2H3,(H,29,34)(H,30,32). The Labute approximate surface area is 205 Å². The second kappa shape index (κ2) is 11.0. The molecule has 174 valence electrons. The van der Waals surface area contributed by atoms with E-state index in [9.17, 15) is 4.79 Å². The van der Waals surface area contributed by atoms with Gasteiger partial charge in [0.25, 0.3) is 5.56 Å². The number of aromatic nitrogens is 1. The lowest BCUT2D eigenvalue weighted by Crippen LogP contribution is -2.35. The second-order valence-electron chi connectivity index (χ2n) is 8.13. The third kappa shape index (κ3) is 5.83. The molecule has 1 heterocycles. The van der Waals surface area contributed by atoms with Crippen molar-refractivity contribution in [3.63, 3.8) is 0 Å². The van der Waals surface area contributed by atoms with Crippen LogP contribution in [0.4, 0.5) is 5.69 Å². The minimum atomic E-state index is -0.0984. The summed E-state index contributed by atoms with van der Waals surface area (Å²) in [5, 5.41) is 4.89. The molecule has 1 aromatic heterocycles. The summed E-state index contributed by atoms with van der Waals surface area (Å²) in [6, 6.07) is 26.0. The lowest BCUT2D eigenvalue weighted by Gasteiger charge is -2.26. The number of pyridine rings is 1. The largest absolute Gasteiger partial charge is 0.494 e. The molecule has 0 radical (unpaired) electrons. The highest BCUT2D eigenvalue weighted by molar-refractivity contribution is 7.80. The summed E-state index contributed by atoms with van der Waals surface area (Å²) in [5.74, 6) is 0.814. The Morgan fingerprint density at radius 2 is 1.71 bits per heavy atom. The Bertz CT molecular complexity index is 1320. The number of hydrogen-bond donors (Lipinski definition) is 2. The summed E-state index contributed by atoms with van der Waals surface area (Å²) in [4.78, 5) is 17.9. The van der Waals surface area contributed by atoms with Crippen molar-refractivity contribution in [2.45, 2.75) is 33.4 Å². The van der Waals surface area contributed by atoms with E-state index < -0.39 is 0 Å². The molecular formula is C28H29N3O2S. The van der Waals surface area contributed by atoms with Crippen LogP contribution in [0, 0.1) is 0 Å². The molecule has 0 unspecified atom stereocenters. The number of aryl methyl sites for hydroxylation is 1. The summed E-state index contributed by atoms with van der Waals surface area (Å²) in [7, 11) is 0. The van der Waals surface area contributed by atoms with Crippen LogP contribution in [-0.4, -0.2) is 21.6 Å². The van der Waals surface area contributed by atoms with E-state index >= 15 is 0 Å². The molecule has 0 aliphatic rings. The molecule has 0 aliphatic carbocycles. The van der Waals surface area contributed by atoms with Gasteiger partial charge in [0.05, 0.1) is 13.2 Å². The molecule has 2 N–H and O–H groups in total. The Kier molecular flexibility index (Phi) is 7.60. The highest BCUT2D eigenvalue weighted by Gasteiger charge is 2.15. The molecule has 6 heteroatoms. The van der Waals surface area contributed by atoms with Crippen LogP contribution in [-0.2, 0) is 19.5 Å². The van der Waals surface area contributed by atoms with E-state index in [2.05, 4.69) is 41.5 Å². The zero-order valence-electron chi connectivity index (χ0n) is 19.5. The molecule has 5 nitrogen and oxygen atoms in total. The minimum Gasteiger partial charge on any atom is -0.494 e.